The zero-order valence-electron chi connectivity index (χ0n) is 11.5. The summed E-state index contributed by atoms with van der Waals surface area (Å²) >= 11 is 6.10. The van der Waals surface area contributed by atoms with Gasteiger partial charge in [-0.3, -0.25) is 14.9 Å². The van der Waals surface area contributed by atoms with Crippen molar-refractivity contribution in [3.8, 4) is 6.07 Å². The third kappa shape index (κ3) is 3.40. The van der Waals surface area contributed by atoms with Gasteiger partial charge in [-0.25, -0.2) is 0 Å². The molecule has 1 aromatic rings. The van der Waals surface area contributed by atoms with Crippen molar-refractivity contribution in [2.45, 2.75) is 38.5 Å². The quantitative estimate of drug-likeness (QED) is 0.625. The Kier molecular flexibility index (Phi) is 4.92. The van der Waals surface area contributed by atoms with E-state index < -0.39 is 4.92 Å². The topological polar surface area (TPSA) is 84.0 Å². The second kappa shape index (κ2) is 6.68. The third-order valence-corrected chi connectivity index (χ3v) is 4.38. The zero-order valence-corrected chi connectivity index (χ0v) is 12.2. The molecule has 0 heterocycles. The second-order valence-electron chi connectivity index (χ2n) is 5.25. The molecule has 0 aromatic heterocycles. The van der Waals surface area contributed by atoms with Gasteiger partial charge in [-0.2, -0.15) is 5.26 Å². The van der Waals surface area contributed by atoms with Gasteiger partial charge in [-0.1, -0.05) is 24.1 Å². The fourth-order valence-electron chi connectivity index (χ4n) is 2.75. The van der Waals surface area contributed by atoms with Gasteiger partial charge >= 0.3 is 0 Å². The molecule has 0 radical (unpaired) electrons. The summed E-state index contributed by atoms with van der Waals surface area (Å²) in [4.78, 5) is 22.0. The number of aryl methyl sites for hydroxylation is 1. The summed E-state index contributed by atoms with van der Waals surface area (Å²) < 4.78 is 0. The van der Waals surface area contributed by atoms with Crippen molar-refractivity contribution in [2.75, 3.05) is 0 Å². The van der Waals surface area contributed by atoms with Gasteiger partial charge in [0.1, 0.15) is 17.4 Å². The number of carbonyl (C=O) groups is 1. The molecule has 1 unspecified atom stereocenters. The number of nitro benzene ring substituents is 1. The first-order valence-electron chi connectivity index (χ1n) is 6.93. The van der Waals surface area contributed by atoms with Gasteiger partial charge in [0.15, 0.2) is 0 Å². The minimum atomic E-state index is -0.612. The molecule has 5 nitrogen and oxygen atoms in total. The van der Waals surface area contributed by atoms with Crippen LogP contribution in [-0.4, -0.2) is 10.7 Å². The Hall–Kier alpha value is -1.93. The van der Waals surface area contributed by atoms with Crippen molar-refractivity contribution in [2.24, 2.45) is 5.92 Å². The summed E-state index contributed by atoms with van der Waals surface area (Å²) in [7, 11) is 0. The monoisotopic (exact) mass is 306 g/mol. The lowest BCUT2D eigenvalue weighted by atomic mass is 9.84. The minimum Gasteiger partial charge on any atom is -0.299 e. The molecule has 21 heavy (non-hydrogen) atoms. The fourth-order valence-corrected chi connectivity index (χ4v) is 3.05. The maximum Gasteiger partial charge on any atom is 0.288 e. The third-order valence-electron chi connectivity index (χ3n) is 3.95. The lowest BCUT2D eigenvalue weighted by Gasteiger charge is -2.20. The molecule has 1 aliphatic rings. The van der Waals surface area contributed by atoms with Crippen LogP contribution in [0.25, 0.3) is 0 Å². The van der Waals surface area contributed by atoms with Gasteiger partial charge in [0.05, 0.1) is 9.95 Å². The molecule has 0 amide bonds. The fraction of sp³-hybridized carbons (Fsp3) is 0.467. The average Bonchev–Trinajstić information content (AvgIpc) is 2.47. The van der Waals surface area contributed by atoms with E-state index in [4.69, 9.17) is 16.9 Å². The van der Waals surface area contributed by atoms with E-state index in [1.54, 1.807) is 12.1 Å². The highest BCUT2D eigenvalue weighted by molar-refractivity contribution is 6.32. The Morgan fingerprint density at radius 1 is 1.43 bits per heavy atom. The number of benzene rings is 1. The van der Waals surface area contributed by atoms with Crippen LogP contribution in [0.3, 0.4) is 0 Å². The number of Topliss-reactive ketones (excluding diaryl/α,β-unsaturated/α-hetero) is 1. The smallest absolute Gasteiger partial charge is 0.288 e. The van der Waals surface area contributed by atoms with Crippen LogP contribution in [0.1, 0.15) is 43.2 Å². The highest BCUT2D eigenvalue weighted by atomic mass is 35.5. The maximum atomic E-state index is 11.8. The molecule has 1 atom stereocenters. The number of nitro groups is 1. The number of halogens is 1. The molecule has 0 bridgehead atoms. The number of hydrogen-bond donors (Lipinski definition) is 0. The molecule has 1 aromatic carbocycles. The lowest BCUT2D eigenvalue weighted by Crippen LogP contribution is -2.19. The molecule has 2 rings (SSSR count). The predicted octanol–water partition coefficient (Wildman–Crippen LogP) is 3.81. The highest BCUT2D eigenvalue weighted by Gasteiger charge is 2.24. The van der Waals surface area contributed by atoms with Crippen molar-refractivity contribution < 1.29 is 9.72 Å². The van der Waals surface area contributed by atoms with E-state index >= 15 is 0 Å². The van der Waals surface area contributed by atoms with Crippen LogP contribution in [0, 0.1) is 27.4 Å². The van der Waals surface area contributed by atoms with Gasteiger partial charge < -0.3 is 0 Å². The maximum absolute atomic E-state index is 11.8. The van der Waals surface area contributed by atoms with Gasteiger partial charge in [0.2, 0.25) is 0 Å². The van der Waals surface area contributed by atoms with Crippen LogP contribution in [0.2, 0.25) is 5.02 Å². The summed E-state index contributed by atoms with van der Waals surface area (Å²) in [5, 5.41) is 20.0. The predicted molar refractivity (Wildman–Crippen MR) is 78.1 cm³/mol. The van der Waals surface area contributed by atoms with Crippen LogP contribution in [0.4, 0.5) is 5.69 Å². The normalized spacial score (nSPS) is 18.3. The van der Waals surface area contributed by atoms with Crippen LogP contribution in [0.5, 0.6) is 0 Å². The van der Waals surface area contributed by atoms with Crippen molar-refractivity contribution >= 4 is 23.1 Å². The number of nitriles is 1. The summed E-state index contributed by atoms with van der Waals surface area (Å²) in [6, 6.07) is 4.68. The highest BCUT2D eigenvalue weighted by Crippen LogP contribution is 2.31. The zero-order chi connectivity index (χ0) is 15.4. The Morgan fingerprint density at radius 3 is 2.81 bits per heavy atom. The van der Waals surface area contributed by atoms with Gasteiger partial charge in [-0.05, 0) is 31.2 Å². The number of rotatable bonds is 4. The first kappa shape index (κ1) is 15.5. The average molecular weight is 307 g/mol. The minimum absolute atomic E-state index is 0.0514. The first-order chi connectivity index (χ1) is 10.0. The molecule has 0 aliphatic heterocycles. The molecule has 1 saturated carbocycles. The molecule has 1 fully saturated rings. The van der Waals surface area contributed by atoms with Crippen LogP contribution in [0.15, 0.2) is 12.1 Å². The van der Waals surface area contributed by atoms with E-state index in [9.17, 15) is 14.9 Å². The van der Waals surface area contributed by atoms with Crippen LogP contribution >= 0.6 is 11.6 Å². The standard InChI is InChI=1S/C15H15ClN2O3/c16-15-11(6-5-10-3-1-2-4-14(10)19)7-8-13(18(20)21)12(15)9-17/h7-8,10H,1-6H2. The molecule has 0 saturated heterocycles. The molecule has 110 valence electrons. The van der Waals surface area contributed by atoms with E-state index in [0.29, 0.717) is 30.6 Å². The molecular formula is C15H15ClN2O3. The molecule has 1 aliphatic carbocycles. The number of nitrogens with zero attached hydrogens (tertiary/aromatic N) is 2. The Labute approximate surface area is 127 Å². The number of hydrogen-bond acceptors (Lipinski definition) is 4. The van der Waals surface area contributed by atoms with E-state index in [-0.39, 0.29) is 22.2 Å². The molecule has 6 heteroatoms. The summed E-state index contributed by atoms with van der Waals surface area (Å²) in [6.07, 6.45) is 4.81. The van der Waals surface area contributed by atoms with E-state index in [1.165, 1.54) is 6.07 Å². The van der Waals surface area contributed by atoms with Gasteiger partial charge in [0, 0.05) is 18.4 Å². The molecule has 0 N–H and O–H groups in total. The summed E-state index contributed by atoms with van der Waals surface area (Å²) in [6.45, 7) is 0. The van der Waals surface area contributed by atoms with Crippen LogP contribution < -0.4 is 0 Å². The summed E-state index contributed by atoms with van der Waals surface area (Å²) in [5.41, 5.74) is 0.311. The largest absolute Gasteiger partial charge is 0.299 e. The van der Waals surface area contributed by atoms with E-state index in [2.05, 4.69) is 0 Å². The van der Waals surface area contributed by atoms with E-state index in [1.807, 2.05) is 0 Å². The molecule has 0 spiro atoms. The van der Waals surface area contributed by atoms with Crippen LogP contribution in [-0.2, 0) is 11.2 Å². The Balaban J connectivity index is 2.16. The lowest BCUT2D eigenvalue weighted by molar-refractivity contribution is -0.385. The molecular weight excluding hydrogens is 292 g/mol. The van der Waals surface area contributed by atoms with Crippen molar-refractivity contribution in [1.29, 1.82) is 5.26 Å². The second-order valence-corrected chi connectivity index (χ2v) is 5.63. The van der Waals surface area contributed by atoms with Gasteiger partial charge in [-0.15, -0.1) is 0 Å². The first-order valence-corrected chi connectivity index (χ1v) is 7.31. The van der Waals surface area contributed by atoms with Crippen molar-refractivity contribution in [1.82, 2.24) is 0 Å². The van der Waals surface area contributed by atoms with E-state index in [0.717, 1.165) is 19.3 Å². The SMILES string of the molecule is N#Cc1c([N+](=O)[O-])ccc(CCC2CCCCC2=O)c1Cl. The van der Waals surface area contributed by atoms with Crippen molar-refractivity contribution in [3.05, 3.63) is 38.4 Å². The van der Waals surface area contributed by atoms with Crippen molar-refractivity contribution in [3.63, 3.8) is 0 Å². The Morgan fingerprint density at radius 2 is 2.19 bits per heavy atom. The Bertz CT molecular complexity index is 622. The summed E-state index contributed by atoms with van der Waals surface area (Å²) in [5.74, 6) is 0.343. The number of carbonyl (C=O) groups excluding carboxylic acids is 1. The number of ketones is 1. The van der Waals surface area contributed by atoms with Gasteiger partial charge in [0.25, 0.3) is 5.69 Å².